The molecule has 20 heavy (non-hydrogen) atoms. The summed E-state index contributed by atoms with van der Waals surface area (Å²) in [6.45, 7) is 4.23. The van der Waals surface area contributed by atoms with Gasteiger partial charge in [-0.2, -0.15) is 0 Å². The molecule has 112 valence electrons. The van der Waals surface area contributed by atoms with Gasteiger partial charge >= 0.3 is 0 Å². The van der Waals surface area contributed by atoms with Gasteiger partial charge in [0.05, 0.1) is 6.26 Å². The van der Waals surface area contributed by atoms with Crippen LogP contribution in [0.5, 0.6) is 0 Å². The van der Waals surface area contributed by atoms with Crippen molar-refractivity contribution in [3.05, 3.63) is 30.1 Å². The predicted molar refractivity (Wildman–Crippen MR) is 79.8 cm³/mol. The predicted octanol–water partition coefficient (Wildman–Crippen LogP) is 1.40. The summed E-state index contributed by atoms with van der Waals surface area (Å²) in [5, 5.41) is 3.48. The van der Waals surface area contributed by atoms with Crippen LogP contribution in [0.1, 0.15) is 31.4 Å². The third-order valence-electron chi connectivity index (χ3n) is 3.85. The fraction of sp³-hybridized carbons (Fsp3) is 0.643. The number of pyridine rings is 1. The van der Waals surface area contributed by atoms with Gasteiger partial charge in [0, 0.05) is 31.5 Å². The van der Waals surface area contributed by atoms with Crippen molar-refractivity contribution in [2.24, 2.45) is 5.92 Å². The molecule has 0 spiro atoms. The third-order valence-corrected chi connectivity index (χ3v) is 5.12. The maximum absolute atomic E-state index is 11.6. The number of nitrogens with zero attached hydrogens (tertiary/aromatic N) is 2. The first-order valence-electron chi connectivity index (χ1n) is 7.05. The highest BCUT2D eigenvalue weighted by Crippen LogP contribution is 2.19. The summed E-state index contributed by atoms with van der Waals surface area (Å²) in [6, 6.07) is 4.21. The number of sulfonamides is 1. The lowest BCUT2D eigenvalue weighted by Gasteiger charge is -2.31. The summed E-state index contributed by atoms with van der Waals surface area (Å²) in [5.74, 6) is 0.387. The molecule has 1 aromatic heterocycles. The molecule has 2 unspecified atom stereocenters. The second-order valence-corrected chi connectivity index (χ2v) is 7.53. The van der Waals surface area contributed by atoms with E-state index in [4.69, 9.17) is 0 Å². The first-order valence-corrected chi connectivity index (χ1v) is 8.90. The molecule has 0 bridgehead atoms. The standard InChI is InChI=1S/C14H23N3O2S/c1-12(14-6-3-7-15-10-14)16-9-13-5-4-8-17(11-13)20(2,18)19/h3,6-7,10,12-13,16H,4-5,8-9,11H2,1-2H3. The fourth-order valence-corrected chi connectivity index (χ4v) is 3.53. The molecule has 5 nitrogen and oxygen atoms in total. The Hall–Kier alpha value is -0.980. The normalized spacial score (nSPS) is 22.6. The summed E-state index contributed by atoms with van der Waals surface area (Å²) in [6.07, 6.45) is 6.95. The van der Waals surface area contributed by atoms with Crippen LogP contribution in [-0.2, 0) is 10.0 Å². The largest absolute Gasteiger partial charge is 0.310 e. The number of hydrogen-bond acceptors (Lipinski definition) is 4. The Morgan fingerprint density at radius 1 is 1.55 bits per heavy atom. The van der Waals surface area contributed by atoms with Crippen molar-refractivity contribution in [1.82, 2.24) is 14.6 Å². The monoisotopic (exact) mass is 297 g/mol. The summed E-state index contributed by atoms with van der Waals surface area (Å²) in [5.41, 5.74) is 1.16. The Bertz CT molecular complexity index is 518. The van der Waals surface area contributed by atoms with Gasteiger partial charge in [0.25, 0.3) is 0 Å². The van der Waals surface area contributed by atoms with E-state index in [1.165, 1.54) is 6.26 Å². The highest BCUT2D eigenvalue weighted by molar-refractivity contribution is 7.88. The minimum absolute atomic E-state index is 0.234. The summed E-state index contributed by atoms with van der Waals surface area (Å²) >= 11 is 0. The first kappa shape index (κ1) is 15.4. The molecule has 1 saturated heterocycles. The smallest absolute Gasteiger partial charge is 0.211 e. The molecular weight excluding hydrogens is 274 g/mol. The van der Waals surface area contributed by atoms with Crippen molar-refractivity contribution in [1.29, 1.82) is 0 Å². The zero-order chi connectivity index (χ0) is 14.6. The van der Waals surface area contributed by atoms with Gasteiger partial charge in [-0.05, 0) is 43.9 Å². The van der Waals surface area contributed by atoms with Gasteiger partial charge in [0.2, 0.25) is 10.0 Å². The summed E-state index contributed by atoms with van der Waals surface area (Å²) in [7, 11) is -3.05. The molecule has 6 heteroatoms. The molecule has 2 heterocycles. The van der Waals surface area contributed by atoms with E-state index in [9.17, 15) is 8.42 Å². The Balaban J connectivity index is 1.85. The van der Waals surface area contributed by atoms with Crippen LogP contribution in [0.15, 0.2) is 24.5 Å². The van der Waals surface area contributed by atoms with Crippen LogP contribution in [0, 0.1) is 5.92 Å². The molecule has 1 N–H and O–H groups in total. The van der Waals surface area contributed by atoms with Gasteiger partial charge in [-0.1, -0.05) is 6.07 Å². The number of rotatable bonds is 5. The quantitative estimate of drug-likeness (QED) is 0.892. The van der Waals surface area contributed by atoms with Crippen LogP contribution in [0.2, 0.25) is 0 Å². The molecule has 1 fully saturated rings. The molecule has 1 aromatic rings. The number of aromatic nitrogens is 1. The Morgan fingerprint density at radius 2 is 2.35 bits per heavy atom. The van der Waals surface area contributed by atoms with Crippen molar-refractivity contribution >= 4 is 10.0 Å². The lowest BCUT2D eigenvalue weighted by molar-refractivity contribution is 0.257. The molecule has 0 saturated carbocycles. The lowest BCUT2D eigenvalue weighted by atomic mass is 9.99. The molecule has 1 aliphatic heterocycles. The Labute approximate surface area is 121 Å². The van der Waals surface area contributed by atoms with Crippen LogP contribution < -0.4 is 5.32 Å². The van der Waals surface area contributed by atoms with Gasteiger partial charge in [-0.25, -0.2) is 12.7 Å². The molecular formula is C14H23N3O2S. The second kappa shape index (κ2) is 6.65. The van der Waals surface area contributed by atoms with E-state index in [2.05, 4.69) is 17.2 Å². The van der Waals surface area contributed by atoms with Crippen molar-refractivity contribution in [3.8, 4) is 0 Å². The molecule has 2 atom stereocenters. The summed E-state index contributed by atoms with van der Waals surface area (Å²) in [4.78, 5) is 4.12. The van der Waals surface area contributed by atoms with E-state index in [1.54, 1.807) is 10.5 Å². The van der Waals surface area contributed by atoms with E-state index >= 15 is 0 Å². The number of piperidine rings is 1. The fourth-order valence-electron chi connectivity index (χ4n) is 2.59. The van der Waals surface area contributed by atoms with E-state index in [0.29, 0.717) is 19.0 Å². The zero-order valence-electron chi connectivity index (χ0n) is 12.1. The molecule has 0 aromatic carbocycles. The summed E-state index contributed by atoms with van der Waals surface area (Å²) < 4.78 is 24.8. The van der Waals surface area contributed by atoms with Gasteiger partial charge in [0.15, 0.2) is 0 Å². The average molecular weight is 297 g/mol. The van der Waals surface area contributed by atoms with E-state index in [0.717, 1.165) is 24.9 Å². The van der Waals surface area contributed by atoms with Crippen LogP contribution in [0.25, 0.3) is 0 Å². The minimum atomic E-state index is -3.05. The number of hydrogen-bond donors (Lipinski definition) is 1. The highest BCUT2D eigenvalue weighted by atomic mass is 32.2. The highest BCUT2D eigenvalue weighted by Gasteiger charge is 2.25. The van der Waals surface area contributed by atoms with Crippen LogP contribution >= 0.6 is 0 Å². The maximum atomic E-state index is 11.6. The van der Waals surface area contributed by atoms with Gasteiger partial charge in [-0.3, -0.25) is 4.98 Å². The van der Waals surface area contributed by atoms with Crippen molar-refractivity contribution < 1.29 is 8.42 Å². The second-order valence-electron chi connectivity index (χ2n) is 5.55. The van der Waals surface area contributed by atoms with Gasteiger partial charge < -0.3 is 5.32 Å². The molecule has 1 aliphatic rings. The maximum Gasteiger partial charge on any atom is 0.211 e. The molecule has 2 rings (SSSR count). The van der Waals surface area contributed by atoms with Crippen LogP contribution in [0.3, 0.4) is 0 Å². The minimum Gasteiger partial charge on any atom is -0.310 e. The zero-order valence-corrected chi connectivity index (χ0v) is 12.9. The van der Waals surface area contributed by atoms with E-state index in [1.807, 2.05) is 18.3 Å². The number of nitrogens with one attached hydrogen (secondary N) is 1. The van der Waals surface area contributed by atoms with Crippen molar-refractivity contribution in [2.75, 3.05) is 25.9 Å². The van der Waals surface area contributed by atoms with Crippen molar-refractivity contribution in [2.45, 2.75) is 25.8 Å². The topological polar surface area (TPSA) is 62.3 Å². The van der Waals surface area contributed by atoms with E-state index < -0.39 is 10.0 Å². The van der Waals surface area contributed by atoms with Crippen molar-refractivity contribution in [3.63, 3.8) is 0 Å². The third kappa shape index (κ3) is 4.26. The van der Waals surface area contributed by atoms with E-state index in [-0.39, 0.29) is 6.04 Å². The SMILES string of the molecule is CC(NCC1CCCN(S(C)(=O)=O)C1)c1cccnc1. The van der Waals surface area contributed by atoms with Gasteiger partial charge in [-0.15, -0.1) is 0 Å². The molecule has 0 aliphatic carbocycles. The first-order chi connectivity index (χ1) is 9.47. The molecule has 0 radical (unpaired) electrons. The van der Waals surface area contributed by atoms with Gasteiger partial charge in [0.1, 0.15) is 0 Å². The lowest BCUT2D eigenvalue weighted by Crippen LogP contribution is -2.42. The molecule has 0 amide bonds. The Kier molecular flexibility index (Phi) is 5.12. The Morgan fingerprint density at radius 3 is 3.00 bits per heavy atom. The average Bonchev–Trinajstić information content (AvgIpc) is 2.45. The van der Waals surface area contributed by atoms with Crippen LogP contribution in [0.4, 0.5) is 0 Å². The van der Waals surface area contributed by atoms with Crippen LogP contribution in [-0.4, -0.2) is 43.6 Å².